The second kappa shape index (κ2) is 10.2. The fourth-order valence-electron chi connectivity index (χ4n) is 4.48. The van der Waals surface area contributed by atoms with Crippen LogP contribution < -0.4 is 10.9 Å². The zero-order valence-corrected chi connectivity index (χ0v) is 22.8. The Morgan fingerprint density at radius 2 is 1.82 bits per heavy atom. The lowest BCUT2D eigenvalue weighted by Gasteiger charge is -2.18. The summed E-state index contributed by atoms with van der Waals surface area (Å²) < 4.78 is 25.2. The molecule has 0 bridgehead atoms. The number of aromatic nitrogens is 6. The highest BCUT2D eigenvalue weighted by atomic mass is 32.2. The molecule has 0 spiro atoms. The van der Waals surface area contributed by atoms with Gasteiger partial charge < -0.3 is 5.32 Å². The van der Waals surface area contributed by atoms with Crippen LogP contribution in [-0.4, -0.2) is 44.2 Å². The first kappa shape index (κ1) is 25.9. The average Bonchev–Trinajstić information content (AvgIpc) is 3.76. The van der Waals surface area contributed by atoms with Crippen LogP contribution in [0.25, 0.3) is 22.6 Å². The van der Waals surface area contributed by atoms with Crippen LogP contribution in [0.4, 0.5) is 5.82 Å². The molecule has 38 heavy (non-hydrogen) atoms. The van der Waals surface area contributed by atoms with Crippen molar-refractivity contribution in [1.82, 2.24) is 29.5 Å². The fraction of sp³-hybridized carbons (Fsp3) is 0.407. The summed E-state index contributed by atoms with van der Waals surface area (Å²) in [4.78, 5) is 37.0. The summed E-state index contributed by atoms with van der Waals surface area (Å²) in [7, 11) is -3.28. The van der Waals surface area contributed by atoms with E-state index in [2.05, 4.69) is 25.3 Å². The summed E-state index contributed by atoms with van der Waals surface area (Å²) >= 11 is 0. The number of aryl methyl sites for hydroxylation is 1. The van der Waals surface area contributed by atoms with Gasteiger partial charge in [-0.2, -0.15) is 0 Å². The van der Waals surface area contributed by atoms with Crippen molar-refractivity contribution in [3.63, 3.8) is 0 Å². The maximum Gasteiger partial charge on any atom is 0.295 e. The lowest BCUT2D eigenvalue weighted by Crippen LogP contribution is -2.28. The smallest absolute Gasteiger partial charge is 0.295 e. The largest absolute Gasteiger partial charge is 0.361 e. The molecular weight excluding hydrogens is 502 g/mol. The predicted octanol–water partition coefficient (Wildman–Crippen LogP) is 4.07. The number of hydrogen-bond donors (Lipinski definition) is 1. The lowest BCUT2D eigenvalue weighted by molar-refractivity contribution is 0.526. The Bertz CT molecular complexity index is 1660. The highest BCUT2D eigenvalue weighted by Crippen LogP contribution is 2.43. The van der Waals surface area contributed by atoms with E-state index < -0.39 is 9.84 Å². The van der Waals surface area contributed by atoms with Crippen LogP contribution in [0.1, 0.15) is 68.9 Å². The summed E-state index contributed by atoms with van der Waals surface area (Å²) in [6.07, 6.45) is 8.07. The van der Waals surface area contributed by atoms with E-state index in [1.807, 2.05) is 20.8 Å². The van der Waals surface area contributed by atoms with E-state index in [0.29, 0.717) is 29.5 Å². The van der Waals surface area contributed by atoms with Gasteiger partial charge in [0.25, 0.3) is 5.56 Å². The first-order valence-electron chi connectivity index (χ1n) is 12.9. The summed E-state index contributed by atoms with van der Waals surface area (Å²) in [6, 6.07) is 6.43. The van der Waals surface area contributed by atoms with Gasteiger partial charge >= 0.3 is 0 Å². The van der Waals surface area contributed by atoms with Gasteiger partial charge in [0, 0.05) is 24.8 Å². The molecule has 3 aromatic heterocycles. The third-order valence-electron chi connectivity index (χ3n) is 6.95. The van der Waals surface area contributed by atoms with Crippen molar-refractivity contribution in [3.05, 3.63) is 64.1 Å². The molecule has 1 aliphatic rings. The van der Waals surface area contributed by atoms with E-state index in [0.717, 1.165) is 48.2 Å². The maximum absolute atomic E-state index is 13.6. The van der Waals surface area contributed by atoms with Crippen LogP contribution in [0.2, 0.25) is 0 Å². The van der Waals surface area contributed by atoms with E-state index in [1.165, 1.54) is 6.26 Å². The predicted molar refractivity (Wildman–Crippen MR) is 146 cm³/mol. The topological polar surface area (TPSA) is 133 Å². The summed E-state index contributed by atoms with van der Waals surface area (Å²) in [6.45, 7) is 6.36. The van der Waals surface area contributed by atoms with E-state index in [1.54, 1.807) is 41.4 Å². The van der Waals surface area contributed by atoms with Gasteiger partial charge in [-0.15, -0.1) is 0 Å². The van der Waals surface area contributed by atoms with Crippen LogP contribution in [0.5, 0.6) is 0 Å². The number of sulfone groups is 1. The Hall–Kier alpha value is -3.73. The molecule has 1 unspecified atom stereocenters. The van der Waals surface area contributed by atoms with Gasteiger partial charge in [0.2, 0.25) is 0 Å². The molecule has 198 valence electrons. The zero-order chi connectivity index (χ0) is 27.0. The quantitative estimate of drug-likeness (QED) is 0.338. The molecule has 1 aromatic carbocycles. The van der Waals surface area contributed by atoms with Crippen molar-refractivity contribution in [2.75, 3.05) is 11.6 Å². The molecule has 3 heterocycles. The van der Waals surface area contributed by atoms with Gasteiger partial charge in [0.15, 0.2) is 27.1 Å². The average molecular weight is 534 g/mol. The van der Waals surface area contributed by atoms with Gasteiger partial charge in [-0.25, -0.2) is 33.3 Å². The molecule has 0 saturated heterocycles. The Balaban J connectivity index is 1.56. The molecule has 0 amide bonds. The number of nitrogens with one attached hydrogen (secondary N) is 1. The normalized spacial score (nSPS) is 14.5. The zero-order valence-electron chi connectivity index (χ0n) is 22.0. The fourth-order valence-corrected chi connectivity index (χ4v) is 5.11. The summed E-state index contributed by atoms with van der Waals surface area (Å²) in [5, 5.41) is 3.13. The monoisotopic (exact) mass is 533 g/mol. The molecule has 1 aliphatic carbocycles. The molecule has 11 heteroatoms. The SMILES string of the molecule is CCc1ncnc(C2CC2)c1-c1ncc2nc(NCc3ccc(S(C)(=O)=O)cc3)c(=O)n(C(C)CC)c2n1. The lowest BCUT2D eigenvalue weighted by atomic mass is 10.1. The molecule has 1 saturated carbocycles. The minimum absolute atomic E-state index is 0.120. The Morgan fingerprint density at radius 1 is 1.08 bits per heavy atom. The number of benzene rings is 1. The Kier molecular flexibility index (Phi) is 6.95. The van der Waals surface area contributed by atoms with Crippen molar-refractivity contribution >= 4 is 26.8 Å². The molecular formula is C27H31N7O3S. The molecule has 0 aliphatic heterocycles. The number of fused-ring (bicyclic) bond motifs is 1. The van der Waals surface area contributed by atoms with Crippen LogP contribution in [0.3, 0.4) is 0 Å². The van der Waals surface area contributed by atoms with Gasteiger partial charge in [-0.1, -0.05) is 26.0 Å². The van der Waals surface area contributed by atoms with Gasteiger partial charge in [0.1, 0.15) is 11.8 Å². The number of anilines is 1. The standard InChI is InChI=1S/C27H31N7O3S/c1-5-16(3)34-26-21(14-29-24(33-26)22-20(6-2)30-15-31-23(22)18-9-10-18)32-25(27(34)35)28-13-17-7-11-19(12-8-17)38(4,36)37/h7-8,11-12,14-16,18H,5-6,9-10,13H2,1-4H3,(H,28,32). The van der Waals surface area contributed by atoms with E-state index in [4.69, 9.17) is 4.98 Å². The van der Waals surface area contributed by atoms with Gasteiger partial charge in [-0.05, 0) is 50.3 Å². The molecule has 5 rings (SSSR count). The summed E-state index contributed by atoms with van der Waals surface area (Å²) in [5.41, 5.74) is 4.27. The third-order valence-corrected chi connectivity index (χ3v) is 8.08. The molecule has 10 nitrogen and oxygen atoms in total. The number of rotatable bonds is 9. The van der Waals surface area contributed by atoms with Crippen molar-refractivity contribution in [3.8, 4) is 11.4 Å². The van der Waals surface area contributed by atoms with E-state index in [-0.39, 0.29) is 22.3 Å². The van der Waals surface area contributed by atoms with Crippen molar-refractivity contribution in [1.29, 1.82) is 0 Å². The maximum atomic E-state index is 13.6. The third kappa shape index (κ3) is 5.02. The minimum atomic E-state index is -3.28. The first-order chi connectivity index (χ1) is 18.2. The number of nitrogens with zero attached hydrogens (tertiary/aromatic N) is 6. The van der Waals surface area contributed by atoms with Crippen molar-refractivity contribution < 1.29 is 8.42 Å². The van der Waals surface area contributed by atoms with Gasteiger partial charge in [-0.3, -0.25) is 9.36 Å². The molecule has 1 N–H and O–H groups in total. The molecule has 4 aromatic rings. The van der Waals surface area contributed by atoms with E-state index in [9.17, 15) is 13.2 Å². The molecule has 1 fully saturated rings. The Labute approximate surface area is 221 Å². The summed E-state index contributed by atoms with van der Waals surface area (Å²) in [5.74, 6) is 1.10. The highest BCUT2D eigenvalue weighted by Gasteiger charge is 2.31. The minimum Gasteiger partial charge on any atom is -0.361 e. The van der Waals surface area contributed by atoms with E-state index >= 15 is 0 Å². The number of hydrogen-bond acceptors (Lipinski definition) is 9. The van der Waals surface area contributed by atoms with Crippen molar-refractivity contribution in [2.45, 2.75) is 69.9 Å². The first-order valence-corrected chi connectivity index (χ1v) is 14.8. The van der Waals surface area contributed by atoms with Crippen molar-refractivity contribution in [2.24, 2.45) is 0 Å². The second-order valence-corrected chi connectivity index (χ2v) is 11.8. The highest BCUT2D eigenvalue weighted by molar-refractivity contribution is 7.90. The van der Waals surface area contributed by atoms with Crippen LogP contribution in [0, 0.1) is 0 Å². The molecule has 0 radical (unpaired) electrons. The second-order valence-electron chi connectivity index (χ2n) is 9.77. The molecule has 1 atom stereocenters. The van der Waals surface area contributed by atoms with Crippen LogP contribution in [-0.2, 0) is 22.8 Å². The Morgan fingerprint density at radius 3 is 2.45 bits per heavy atom. The van der Waals surface area contributed by atoms with Crippen LogP contribution in [0.15, 0.2) is 46.5 Å². The van der Waals surface area contributed by atoms with Crippen LogP contribution >= 0.6 is 0 Å². The van der Waals surface area contributed by atoms with Gasteiger partial charge in [0.05, 0.1) is 28.0 Å².